The van der Waals surface area contributed by atoms with Gasteiger partial charge in [-0.2, -0.15) is 5.10 Å². The lowest BCUT2D eigenvalue weighted by atomic mass is 10.1. The Kier molecular flexibility index (Phi) is 3.61. The van der Waals surface area contributed by atoms with Gasteiger partial charge in [-0.05, 0) is 5.56 Å². The monoisotopic (exact) mass is 259 g/mol. The number of amides is 1. The average Bonchev–Trinajstić information content (AvgIpc) is 2.83. The van der Waals surface area contributed by atoms with E-state index in [9.17, 15) is 14.7 Å². The highest BCUT2D eigenvalue weighted by molar-refractivity contribution is 5.96. The van der Waals surface area contributed by atoms with Crippen molar-refractivity contribution in [3.8, 4) is 0 Å². The fourth-order valence-corrected chi connectivity index (χ4v) is 1.69. The molecule has 1 aromatic carbocycles. The third kappa shape index (κ3) is 2.98. The molecule has 0 aliphatic carbocycles. The van der Waals surface area contributed by atoms with Gasteiger partial charge in [0.15, 0.2) is 6.04 Å². The summed E-state index contributed by atoms with van der Waals surface area (Å²) in [7, 11) is 1.68. The summed E-state index contributed by atoms with van der Waals surface area (Å²) in [6, 6.07) is 7.47. The van der Waals surface area contributed by atoms with Crippen molar-refractivity contribution in [3.05, 3.63) is 53.9 Å². The fraction of sp³-hybridized carbons (Fsp3) is 0.154. The van der Waals surface area contributed by atoms with Gasteiger partial charge in [0.25, 0.3) is 5.91 Å². The molecule has 6 heteroatoms. The molecule has 2 aromatic rings. The van der Waals surface area contributed by atoms with Crippen molar-refractivity contribution >= 4 is 11.9 Å². The number of aryl methyl sites for hydroxylation is 1. The van der Waals surface area contributed by atoms with Crippen LogP contribution in [0.5, 0.6) is 0 Å². The van der Waals surface area contributed by atoms with Crippen molar-refractivity contribution in [2.45, 2.75) is 6.04 Å². The molecule has 0 saturated carbocycles. The number of hydrogen-bond acceptors (Lipinski definition) is 3. The third-order valence-electron chi connectivity index (χ3n) is 2.62. The van der Waals surface area contributed by atoms with E-state index in [-0.39, 0.29) is 0 Å². The molecule has 0 unspecified atom stereocenters. The number of aromatic nitrogens is 2. The normalized spacial score (nSPS) is 11.8. The number of nitrogens with one attached hydrogen (secondary N) is 1. The lowest BCUT2D eigenvalue weighted by molar-refractivity contribution is -0.139. The van der Waals surface area contributed by atoms with Crippen molar-refractivity contribution < 1.29 is 14.7 Å². The van der Waals surface area contributed by atoms with Gasteiger partial charge in [-0.15, -0.1) is 0 Å². The number of nitrogens with zero attached hydrogens (tertiary/aromatic N) is 2. The van der Waals surface area contributed by atoms with Crippen LogP contribution >= 0.6 is 0 Å². The van der Waals surface area contributed by atoms with Crippen LogP contribution in [0.1, 0.15) is 22.0 Å². The van der Waals surface area contributed by atoms with Crippen LogP contribution < -0.4 is 5.32 Å². The summed E-state index contributed by atoms with van der Waals surface area (Å²) in [6.45, 7) is 0. The predicted octanol–water partition coefficient (Wildman–Crippen LogP) is 0.976. The van der Waals surface area contributed by atoms with E-state index in [1.165, 1.54) is 17.1 Å². The van der Waals surface area contributed by atoms with Gasteiger partial charge in [-0.3, -0.25) is 9.48 Å². The Labute approximate surface area is 109 Å². The van der Waals surface area contributed by atoms with Crippen molar-refractivity contribution in [2.24, 2.45) is 7.05 Å². The van der Waals surface area contributed by atoms with Gasteiger partial charge in [-0.25, -0.2) is 4.79 Å². The summed E-state index contributed by atoms with van der Waals surface area (Å²) in [5, 5.41) is 15.5. The Bertz CT molecular complexity index is 592. The number of hydrogen-bond donors (Lipinski definition) is 2. The van der Waals surface area contributed by atoms with E-state index in [2.05, 4.69) is 10.4 Å². The molecule has 0 aliphatic heterocycles. The predicted molar refractivity (Wildman–Crippen MR) is 67.5 cm³/mol. The number of carbonyl (C=O) groups is 2. The van der Waals surface area contributed by atoms with Gasteiger partial charge in [0.1, 0.15) is 0 Å². The second-order valence-corrected chi connectivity index (χ2v) is 4.06. The van der Waals surface area contributed by atoms with Crippen molar-refractivity contribution in [1.29, 1.82) is 0 Å². The highest BCUT2D eigenvalue weighted by Gasteiger charge is 2.22. The molecule has 1 amide bonds. The van der Waals surface area contributed by atoms with Crippen molar-refractivity contribution in [3.63, 3.8) is 0 Å². The molecule has 19 heavy (non-hydrogen) atoms. The highest BCUT2D eigenvalue weighted by atomic mass is 16.4. The van der Waals surface area contributed by atoms with Crippen LogP contribution in [0.3, 0.4) is 0 Å². The van der Waals surface area contributed by atoms with Crippen LogP contribution in [-0.4, -0.2) is 26.8 Å². The lowest BCUT2D eigenvalue weighted by Crippen LogP contribution is -2.33. The maximum absolute atomic E-state index is 11.9. The zero-order chi connectivity index (χ0) is 13.8. The number of carboxylic acid groups (broad SMARTS) is 1. The molecule has 6 nitrogen and oxygen atoms in total. The molecule has 0 bridgehead atoms. The third-order valence-corrected chi connectivity index (χ3v) is 2.62. The van der Waals surface area contributed by atoms with Gasteiger partial charge in [0.05, 0.1) is 11.8 Å². The van der Waals surface area contributed by atoms with E-state index in [1.54, 1.807) is 37.4 Å². The molecule has 98 valence electrons. The average molecular weight is 259 g/mol. The van der Waals surface area contributed by atoms with Gasteiger partial charge in [-0.1, -0.05) is 30.3 Å². The van der Waals surface area contributed by atoms with Gasteiger partial charge in [0, 0.05) is 13.2 Å². The summed E-state index contributed by atoms with van der Waals surface area (Å²) in [5.74, 6) is -1.58. The van der Waals surface area contributed by atoms with Gasteiger partial charge in [0.2, 0.25) is 0 Å². The topological polar surface area (TPSA) is 84.2 Å². The standard InChI is InChI=1S/C13H13N3O3/c1-16-8-10(7-14-16)12(17)15-11(13(18)19)9-5-3-2-4-6-9/h2-8,11H,1H3,(H,15,17)(H,18,19)/t11-/m0/s1. The summed E-state index contributed by atoms with van der Waals surface area (Å²) >= 11 is 0. The van der Waals surface area contributed by atoms with Crippen LogP contribution in [0.2, 0.25) is 0 Å². The quantitative estimate of drug-likeness (QED) is 0.857. The van der Waals surface area contributed by atoms with Crippen LogP contribution in [0.25, 0.3) is 0 Å². The molecule has 0 spiro atoms. The molecular formula is C13H13N3O3. The van der Waals surface area contributed by atoms with E-state index in [0.29, 0.717) is 11.1 Å². The van der Waals surface area contributed by atoms with Gasteiger partial charge >= 0.3 is 5.97 Å². The molecule has 2 rings (SSSR count). The lowest BCUT2D eigenvalue weighted by Gasteiger charge is -2.14. The first-order chi connectivity index (χ1) is 9.08. The van der Waals surface area contributed by atoms with Gasteiger partial charge < -0.3 is 10.4 Å². The van der Waals surface area contributed by atoms with Crippen molar-refractivity contribution in [1.82, 2.24) is 15.1 Å². The van der Waals surface area contributed by atoms with E-state index in [4.69, 9.17) is 0 Å². The summed E-state index contributed by atoms with van der Waals surface area (Å²) in [5.41, 5.74) is 0.844. The largest absolute Gasteiger partial charge is 0.479 e. The minimum absolute atomic E-state index is 0.324. The molecule has 0 fully saturated rings. The molecule has 0 aliphatic rings. The second kappa shape index (κ2) is 5.34. The van der Waals surface area contributed by atoms with E-state index in [1.807, 2.05) is 0 Å². The summed E-state index contributed by atoms with van der Waals surface area (Å²) in [4.78, 5) is 23.2. The molecular weight excluding hydrogens is 246 g/mol. The zero-order valence-electron chi connectivity index (χ0n) is 10.3. The molecule has 1 heterocycles. The zero-order valence-corrected chi connectivity index (χ0v) is 10.3. The minimum atomic E-state index is -1.11. The number of carboxylic acids is 1. The molecule has 1 aromatic heterocycles. The minimum Gasteiger partial charge on any atom is -0.479 e. The van der Waals surface area contributed by atoms with E-state index < -0.39 is 17.9 Å². The Morgan fingerprint density at radius 1 is 1.32 bits per heavy atom. The Morgan fingerprint density at radius 3 is 2.53 bits per heavy atom. The first-order valence-corrected chi connectivity index (χ1v) is 5.65. The maximum Gasteiger partial charge on any atom is 0.330 e. The first kappa shape index (κ1) is 12.8. The molecule has 1 atom stereocenters. The van der Waals surface area contributed by atoms with Crippen molar-refractivity contribution in [2.75, 3.05) is 0 Å². The Hall–Kier alpha value is -2.63. The Balaban J connectivity index is 2.18. The number of rotatable bonds is 4. The van der Waals surface area contributed by atoms with E-state index >= 15 is 0 Å². The Morgan fingerprint density at radius 2 is 2.00 bits per heavy atom. The number of carbonyl (C=O) groups excluding carboxylic acids is 1. The number of benzene rings is 1. The SMILES string of the molecule is Cn1cc(C(=O)N[C@H](C(=O)O)c2ccccc2)cn1. The number of aliphatic carboxylic acids is 1. The van der Waals surface area contributed by atoms with Crippen LogP contribution in [0.4, 0.5) is 0 Å². The van der Waals surface area contributed by atoms with Crippen LogP contribution in [0, 0.1) is 0 Å². The fourth-order valence-electron chi connectivity index (χ4n) is 1.69. The highest BCUT2D eigenvalue weighted by Crippen LogP contribution is 2.13. The summed E-state index contributed by atoms with van der Waals surface area (Å²) < 4.78 is 1.48. The smallest absolute Gasteiger partial charge is 0.330 e. The maximum atomic E-state index is 11.9. The molecule has 0 saturated heterocycles. The van der Waals surface area contributed by atoms with Crippen LogP contribution in [-0.2, 0) is 11.8 Å². The summed E-state index contributed by atoms with van der Waals surface area (Å²) in [6.07, 6.45) is 2.92. The van der Waals surface area contributed by atoms with Crippen LogP contribution in [0.15, 0.2) is 42.7 Å². The molecule has 2 N–H and O–H groups in total. The molecule has 0 radical (unpaired) electrons. The first-order valence-electron chi connectivity index (χ1n) is 5.65. The second-order valence-electron chi connectivity index (χ2n) is 4.06. The van der Waals surface area contributed by atoms with E-state index in [0.717, 1.165) is 0 Å².